The Kier molecular flexibility index (Phi) is 1810. The molecule has 0 aromatic rings. The third kappa shape index (κ3) is 68.7. The molecule has 0 unspecified atom stereocenters. The highest BCUT2D eigenvalue weighted by Crippen LogP contribution is 0.695. The Bertz CT molecular complexity index is 4.14. The maximum atomic E-state index is 0. The van der Waals surface area contributed by atoms with E-state index < -0.39 is 0 Å². The van der Waals surface area contributed by atoms with E-state index >= 15 is 0 Å². The van der Waals surface area contributed by atoms with Gasteiger partial charge in [0.2, 0.25) is 0 Å². The topological polar surface area (TPSA) is 0 Å². The average molecular weight is 253 g/mol. The summed E-state index contributed by atoms with van der Waals surface area (Å²) in [5, 5.41) is 0. The van der Waals surface area contributed by atoms with Crippen LogP contribution in [0.25, 0.3) is 0 Å². The van der Waals surface area contributed by atoms with Gasteiger partial charge in [-0.25, -0.2) is 0 Å². The molecule has 0 bridgehead atoms. The smallest absolute Gasteiger partial charge is 0.147 e. The molecule has 0 aliphatic carbocycles. The molecule has 0 nitrogen and oxygen atoms in total. The second-order valence-electron chi connectivity index (χ2n) is 0. The summed E-state index contributed by atoms with van der Waals surface area (Å²) in [6, 6.07) is 0. The van der Waals surface area contributed by atoms with E-state index in [9.17, 15) is 0 Å². The molecule has 0 saturated carbocycles. The van der Waals surface area contributed by atoms with Crippen molar-refractivity contribution in [3.63, 3.8) is 0 Å². The Morgan fingerprint density at radius 3 is 0.286 bits per heavy atom. The van der Waals surface area contributed by atoms with Crippen LogP contribution in [0.4, 0.5) is 0 Å². The van der Waals surface area contributed by atoms with Gasteiger partial charge in [0.05, 0.1) is 0 Å². The molecule has 7 heavy (non-hydrogen) atoms. The fourth-order valence-electron chi connectivity index (χ4n) is 0. The van der Waals surface area contributed by atoms with Gasteiger partial charge >= 0.3 is 0 Å². The first-order valence-electron chi connectivity index (χ1n) is 0. The molecule has 56 valence electrons. The van der Waals surface area contributed by atoms with Gasteiger partial charge in [0.1, 0.15) is 0 Å². The number of halogens is 6. The Balaban J connectivity index is 0. The summed E-state index contributed by atoms with van der Waals surface area (Å²) in [7, 11) is 0. The minimum atomic E-state index is 0. The van der Waals surface area contributed by atoms with Gasteiger partial charge in [-0.3, -0.25) is 0 Å². The molecule has 0 atom stereocenters. The maximum absolute atomic E-state index is 0. The third-order valence-corrected chi connectivity index (χ3v) is 0. The first-order valence-corrected chi connectivity index (χ1v) is 0. The lowest BCUT2D eigenvalue weighted by atomic mass is 32.1. The van der Waals surface area contributed by atoms with Crippen molar-refractivity contribution in [2.24, 2.45) is 0 Å². The fraction of sp³-hybridized carbons (Fsp3) is 0. The Labute approximate surface area is 87.5 Å². The van der Waals surface area contributed by atoms with E-state index in [2.05, 4.69) is 0 Å². The van der Waals surface area contributed by atoms with Gasteiger partial charge in [0.25, 0.3) is 0 Å². The van der Waals surface area contributed by atoms with Gasteiger partial charge < -0.3 is 0 Å². The Hall–Kier alpha value is 2.09. The van der Waals surface area contributed by atoms with Gasteiger partial charge in [-0.05, 0) is 0 Å². The van der Waals surface area contributed by atoms with Crippen molar-refractivity contribution in [1.82, 2.24) is 0 Å². The van der Waals surface area contributed by atoms with Crippen molar-refractivity contribution < 1.29 is 0 Å². The van der Waals surface area contributed by atoms with Crippen LogP contribution in [0.15, 0.2) is 0 Å². The molecular formula is H8Cl6S. The second-order valence-corrected chi connectivity index (χ2v) is 0. The standard InChI is InChI=1S/6ClH.H2S/h6*1H;1H2. The van der Waals surface area contributed by atoms with Crippen LogP contribution in [0.2, 0.25) is 0 Å². The zero-order valence-electron chi connectivity index (χ0n) is 2.95. The van der Waals surface area contributed by atoms with Gasteiger partial charge in [-0.15, -0.1) is 74.4 Å². The van der Waals surface area contributed by atoms with Crippen molar-refractivity contribution in [2.45, 2.75) is 0 Å². The van der Waals surface area contributed by atoms with Crippen LogP contribution in [0.3, 0.4) is 0 Å². The highest BCUT2D eigenvalue weighted by Gasteiger charge is -0.141. The van der Waals surface area contributed by atoms with Crippen LogP contribution in [-0.2, 0) is 0 Å². The zero-order valence-corrected chi connectivity index (χ0v) is 8.85. The minimum absolute atomic E-state index is 0. The van der Waals surface area contributed by atoms with Gasteiger partial charge in [-0.1, -0.05) is 0 Å². The zero-order chi connectivity index (χ0) is 0. The molecule has 7 heteroatoms. The Morgan fingerprint density at radius 2 is 0.286 bits per heavy atom. The van der Waals surface area contributed by atoms with Crippen LogP contribution in [0.1, 0.15) is 0 Å². The predicted octanol–water partition coefficient (Wildman–Crippen LogP) is 2.64. The SMILES string of the molecule is Cl.Cl.Cl.Cl.Cl.Cl.S. The normalized spacial score (nSPS) is 0. The van der Waals surface area contributed by atoms with E-state index in [1.54, 1.807) is 0 Å². The summed E-state index contributed by atoms with van der Waals surface area (Å²) >= 11 is 0. The van der Waals surface area contributed by atoms with Gasteiger partial charge in [-0.2, -0.15) is 13.5 Å². The van der Waals surface area contributed by atoms with E-state index in [-0.39, 0.29) is 87.9 Å². The summed E-state index contributed by atoms with van der Waals surface area (Å²) in [6.45, 7) is 0. The van der Waals surface area contributed by atoms with Crippen LogP contribution in [0, 0.1) is 0 Å². The molecule has 0 saturated heterocycles. The van der Waals surface area contributed by atoms with Crippen molar-refractivity contribution in [3.05, 3.63) is 0 Å². The maximum Gasteiger partial charge on any atom is -0.147 e. The van der Waals surface area contributed by atoms with E-state index in [1.165, 1.54) is 0 Å². The van der Waals surface area contributed by atoms with E-state index in [0.29, 0.717) is 0 Å². The first-order chi connectivity index (χ1) is 0. The van der Waals surface area contributed by atoms with Crippen molar-refractivity contribution in [1.29, 1.82) is 0 Å². The third-order valence-electron chi connectivity index (χ3n) is 0. The summed E-state index contributed by atoms with van der Waals surface area (Å²) in [5.41, 5.74) is 0. The summed E-state index contributed by atoms with van der Waals surface area (Å²) in [4.78, 5) is 0. The number of rotatable bonds is 0. The number of hydrogen-bond acceptors (Lipinski definition) is 0. The average Bonchev–Trinajstić information content (AvgIpc) is 0. The number of hydrogen-bond donors (Lipinski definition) is 0. The quantitative estimate of drug-likeness (QED) is 0.622. The minimum Gasteiger partial charge on any atom is -0.197 e. The van der Waals surface area contributed by atoms with E-state index in [1.807, 2.05) is 0 Å². The summed E-state index contributed by atoms with van der Waals surface area (Å²) < 4.78 is 0. The summed E-state index contributed by atoms with van der Waals surface area (Å²) in [6.07, 6.45) is 0. The van der Waals surface area contributed by atoms with Crippen molar-refractivity contribution in [2.75, 3.05) is 0 Å². The van der Waals surface area contributed by atoms with Gasteiger partial charge in [0.15, 0.2) is 0 Å². The lowest BCUT2D eigenvalue weighted by Crippen LogP contribution is 0.648. The highest BCUT2D eigenvalue weighted by molar-refractivity contribution is 7.59. The monoisotopic (exact) mass is 250 g/mol. The van der Waals surface area contributed by atoms with Crippen LogP contribution >= 0.6 is 87.9 Å². The molecule has 0 amide bonds. The van der Waals surface area contributed by atoms with Crippen molar-refractivity contribution in [3.8, 4) is 0 Å². The van der Waals surface area contributed by atoms with Gasteiger partial charge in [0, 0.05) is 0 Å². The highest BCUT2D eigenvalue weighted by atomic mass is 35.5. The largest absolute Gasteiger partial charge is 0.197 e. The predicted molar refractivity (Wildman–Crippen MR) is 53.9 cm³/mol. The molecule has 0 aromatic carbocycles. The first kappa shape index (κ1) is 136. The van der Waals surface area contributed by atoms with E-state index in [0.717, 1.165) is 0 Å². The molecule has 0 aliphatic rings. The van der Waals surface area contributed by atoms with E-state index in [4.69, 9.17) is 0 Å². The molecule has 0 N–H and O–H groups in total. The molecule has 0 radical (unpaired) electrons. The molecular weight excluding hydrogens is 245 g/mol. The van der Waals surface area contributed by atoms with Crippen LogP contribution in [-0.4, -0.2) is 0 Å². The van der Waals surface area contributed by atoms with Crippen LogP contribution in [0.5, 0.6) is 0 Å². The van der Waals surface area contributed by atoms with Crippen LogP contribution < -0.4 is 0 Å². The molecule has 0 fully saturated rings. The lowest BCUT2D eigenvalue weighted by molar-refractivity contribution is 5.85. The molecule has 0 aliphatic heterocycles. The molecule has 0 aromatic heterocycles. The van der Waals surface area contributed by atoms with Crippen molar-refractivity contribution >= 4 is 87.9 Å². The summed E-state index contributed by atoms with van der Waals surface area (Å²) in [5.74, 6) is 0. The lowest BCUT2D eigenvalue weighted by Gasteiger charge is -0.197. The second kappa shape index (κ2) is 93.1. The molecule has 0 heterocycles. The molecule has 0 spiro atoms. The Morgan fingerprint density at radius 1 is 0.286 bits per heavy atom. The molecule has 0 rings (SSSR count). The fourth-order valence-corrected chi connectivity index (χ4v) is 0.